The molecule has 0 unspecified atom stereocenters. The van der Waals surface area contributed by atoms with Crippen molar-refractivity contribution in [1.82, 2.24) is 0 Å². The van der Waals surface area contributed by atoms with E-state index in [2.05, 4.69) is 4.52 Å². The predicted octanol–water partition coefficient (Wildman–Crippen LogP) is 1.30. The summed E-state index contributed by atoms with van der Waals surface area (Å²) in [5, 5.41) is 0. The largest absolute Gasteiger partial charge is 0.790 e. The van der Waals surface area contributed by atoms with Crippen LogP contribution in [0, 0.1) is 0 Å². The molecule has 116 valence electrons. The highest BCUT2D eigenvalue weighted by Crippen LogP contribution is 2.53. The van der Waals surface area contributed by atoms with Gasteiger partial charge < -0.3 is 18.9 Å². The van der Waals surface area contributed by atoms with E-state index in [1.807, 2.05) is 0 Å². The van der Waals surface area contributed by atoms with E-state index in [1.165, 1.54) is 0 Å². The van der Waals surface area contributed by atoms with Crippen molar-refractivity contribution in [3.8, 4) is 0 Å². The van der Waals surface area contributed by atoms with Gasteiger partial charge in [0.25, 0.3) is 0 Å². The molecule has 0 aliphatic carbocycles. The van der Waals surface area contributed by atoms with Crippen LogP contribution >= 0.6 is 7.82 Å². The second-order valence-corrected chi connectivity index (χ2v) is 4.22. The number of halogens is 9. The average Bonchev–Trinajstić information content (AvgIpc) is 2.11. The molecule has 0 aromatic heterocycles. The van der Waals surface area contributed by atoms with Crippen LogP contribution in [0.4, 0.5) is 39.5 Å². The molecule has 0 saturated carbocycles. The Labute approximate surface area is 97.9 Å². The van der Waals surface area contributed by atoms with E-state index < -0.39 is 38.4 Å². The first kappa shape index (κ1) is 18.5. The van der Waals surface area contributed by atoms with Crippen LogP contribution < -0.4 is 9.79 Å². The van der Waals surface area contributed by atoms with Gasteiger partial charge in [0.15, 0.2) is 0 Å². The molecule has 0 N–H and O–H groups in total. The maximum absolute atomic E-state index is 12.5. The van der Waals surface area contributed by atoms with Gasteiger partial charge >= 0.3 is 23.9 Å². The highest BCUT2D eigenvalue weighted by molar-refractivity contribution is 7.43. The number of hydrogen-bond acceptors (Lipinski definition) is 4. The lowest BCUT2D eigenvalue weighted by atomic mass is 10.1. The molecule has 0 amide bonds. The molecule has 0 aromatic rings. The van der Waals surface area contributed by atoms with Crippen molar-refractivity contribution in [3.63, 3.8) is 0 Å². The van der Waals surface area contributed by atoms with Crippen LogP contribution in [-0.2, 0) is 9.09 Å². The molecule has 19 heavy (non-hydrogen) atoms. The summed E-state index contributed by atoms with van der Waals surface area (Å²) in [5.41, 5.74) is 0. The average molecular weight is 328 g/mol. The van der Waals surface area contributed by atoms with Crippen LogP contribution in [0.5, 0.6) is 0 Å². The number of phosphoric acid groups is 1. The van der Waals surface area contributed by atoms with Crippen molar-refractivity contribution in [1.29, 1.82) is 0 Å². The minimum absolute atomic E-state index is 2.60. The second kappa shape index (κ2) is 4.79. The molecule has 0 heterocycles. The van der Waals surface area contributed by atoms with Gasteiger partial charge in [0.1, 0.15) is 6.61 Å². The van der Waals surface area contributed by atoms with E-state index in [-0.39, 0.29) is 0 Å². The summed E-state index contributed by atoms with van der Waals surface area (Å²) in [6, 6.07) is 0. The fourth-order valence-electron chi connectivity index (χ4n) is 0.658. The fourth-order valence-corrected chi connectivity index (χ4v) is 0.979. The summed E-state index contributed by atoms with van der Waals surface area (Å²) in [6.07, 6.45) is -7.03. The third-order valence-corrected chi connectivity index (χ3v) is 2.06. The van der Waals surface area contributed by atoms with E-state index in [1.54, 1.807) is 0 Å². The third kappa shape index (κ3) is 3.74. The zero-order valence-corrected chi connectivity index (χ0v) is 9.08. The topological polar surface area (TPSA) is 72.4 Å². The molecule has 0 aliphatic heterocycles. The fraction of sp³-hybridized carbons (Fsp3) is 1.00. The Hall–Kier alpha value is -0.520. The Kier molecular flexibility index (Phi) is 4.66. The van der Waals surface area contributed by atoms with E-state index >= 15 is 0 Å². The van der Waals surface area contributed by atoms with Crippen molar-refractivity contribution >= 4 is 7.82 Å². The molecule has 0 bridgehead atoms. The maximum Gasteiger partial charge on any atom is 0.460 e. The predicted molar refractivity (Wildman–Crippen MR) is 34.5 cm³/mol. The number of alkyl halides is 9. The minimum atomic E-state index is -7.16. The molecule has 0 aromatic carbocycles. The molecular formula is C5H2F9O4P-2. The summed E-state index contributed by atoms with van der Waals surface area (Å²) >= 11 is 0. The summed E-state index contributed by atoms with van der Waals surface area (Å²) in [5.74, 6) is -20.4. The van der Waals surface area contributed by atoms with Crippen molar-refractivity contribution in [2.75, 3.05) is 6.61 Å². The van der Waals surface area contributed by atoms with Crippen molar-refractivity contribution in [2.45, 2.75) is 23.9 Å². The molecule has 0 radical (unpaired) electrons. The highest BCUT2D eigenvalue weighted by Gasteiger charge is 2.81. The van der Waals surface area contributed by atoms with Gasteiger partial charge in [0.2, 0.25) is 0 Å². The molecule has 4 nitrogen and oxygen atoms in total. The van der Waals surface area contributed by atoms with E-state index in [9.17, 15) is 53.9 Å². The number of phosphoric ester groups is 1. The lowest BCUT2D eigenvalue weighted by Crippen LogP contribution is -2.62. The van der Waals surface area contributed by atoms with E-state index in [0.29, 0.717) is 0 Å². The molecule has 14 heteroatoms. The van der Waals surface area contributed by atoms with E-state index in [4.69, 9.17) is 0 Å². The standard InChI is InChI=1S/C5H4F9O4P/c6-2(7,1-18-19(15,16)17)3(8,9)4(10,11)5(12,13)14/h1H2,(H2,15,16,17)/p-2. The molecular weight excluding hydrogens is 326 g/mol. The highest BCUT2D eigenvalue weighted by atomic mass is 31.2. The van der Waals surface area contributed by atoms with Crippen LogP contribution in [0.2, 0.25) is 0 Å². The van der Waals surface area contributed by atoms with Gasteiger partial charge in [-0.05, 0) is 0 Å². The monoisotopic (exact) mass is 328 g/mol. The van der Waals surface area contributed by atoms with Gasteiger partial charge in [0.05, 0.1) is 7.82 Å². The Morgan fingerprint density at radius 2 is 1.21 bits per heavy atom. The Morgan fingerprint density at radius 1 is 0.842 bits per heavy atom. The Bertz CT molecular complexity index is 371. The molecule has 0 spiro atoms. The van der Waals surface area contributed by atoms with Gasteiger partial charge in [-0.3, -0.25) is 0 Å². The first-order valence-electron chi connectivity index (χ1n) is 3.82. The SMILES string of the molecule is O=P([O-])([O-])OCC(F)(F)C(F)(F)C(F)(F)C(F)(F)F. The Morgan fingerprint density at radius 3 is 1.47 bits per heavy atom. The van der Waals surface area contributed by atoms with E-state index in [0.717, 1.165) is 0 Å². The zero-order chi connectivity index (χ0) is 15.9. The van der Waals surface area contributed by atoms with Gasteiger partial charge in [-0.2, -0.15) is 39.5 Å². The van der Waals surface area contributed by atoms with Gasteiger partial charge in [0, 0.05) is 0 Å². The second-order valence-electron chi connectivity index (χ2n) is 3.07. The summed E-state index contributed by atoms with van der Waals surface area (Å²) in [7, 11) is -6.26. The quantitative estimate of drug-likeness (QED) is 0.563. The van der Waals surface area contributed by atoms with Gasteiger partial charge in [-0.1, -0.05) is 0 Å². The molecule has 0 aliphatic rings. The van der Waals surface area contributed by atoms with Crippen LogP contribution in [0.1, 0.15) is 0 Å². The Balaban J connectivity index is 5.34. The third-order valence-electron chi connectivity index (χ3n) is 1.61. The smallest absolute Gasteiger partial charge is 0.460 e. The van der Waals surface area contributed by atoms with Crippen LogP contribution in [0.25, 0.3) is 0 Å². The van der Waals surface area contributed by atoms with Crippen LogP contribution in [-0.4, -0.2) is 30.6 Å². The van der Waals surface area contributed by atoms with Crippen LogP contribution in [0.3, 0.4) is 0 Å². The van der Waals surface area contributed by atoms with Crippen LogP contribution in [0.15, 0.2) is 0 Å². The first-order chi connectivity index (χ1) is 7.96. The summed E-state index contributed by atoms with van der Waals surface area (Å²) < 4.78 is 121. The van der Waals surface area contributed by atoms with Crippen molar-refractivity contribution in [2.24, 2.45) is 0 Å². The summed E-state index contributed by atoms with van der Waals surface area (Å²) in [4.78, 5) is 19.4. The molecule has 0 fully saturated rings. The lowest BCUT2D eigenvalue weighted by Gasteiger charge is -2.36. The molecule has 0 rings (SSSR count). The molecule has 0 atom stereocenters. The van der Waals surface area contributed by atoms with Crippen molar-refractivity contribution < 1.29 is 58.4 Å². The lowest BCUT2D eigenvalue weighted by molar-refractivity contribution is -0.402. The minimum Gasteiger partial charge on any atom is -0.790 e. The molecule has 0 saturated heterocycles. The zero-order valence-electron chi connectivity index (χ0n) is 8.19. The first-order valence-corrected chi connectivity index (χ1v) is 5.28. The summed E-state index contributed by atoms with van der Waals surface area (Å²) in [6.45, 7) is -3.16. The number of hydrogen-bond donors (Lipinski definition) is 0. The van der Waals surface area contributed by atoms with Crippen molar-refractivity contribution in [3.05, 3.63) is 0 Å². The van der Waals surface area contributed by atoms with Gasteiger partial charge in [-0.25, -0.2) is 0 Å². The van der Waals surface area contributed by atoms with Gasteiger partial charge in [-0.15, -0.1) is 0 Å². The normalized spacial score (nSPS) is 15.7. The maximum atomic E-state index is 12.5. The number of rotatable bonds is 5.